The lowest BCUT2D eigenvalue weighted by molar-refractivity contribution is 0.519. The van der Waals surface area contributed by atoms with Crippen molar-refractivity contribution in [2.24, 2.45) is 7.05 Å². The third-order valence-electron chi connectivity index (χ3n) is 3.58. The molecule has 1 aromatic carbocycles. The Morgan fingerprint density at radius 2 is 2.10 bits per heavy atom. The van der Waals surface area contributed by atoms with Crippen molar-refractivity contribution in [2.75, 3.05) is 7.05 Å². The molecule has 2 rings (SSSR count). The van der Waals surface area contributed by atoms with Gasteiger partial charge in [-0.2, -0.15) is 5.10 Å². The van der Waals surface area contributed by atoms with Crippen LogP contribution in [0.25, 0.3) is 0 Å². The Hall–Kier alpha value is -1.10. The van der Waals surface area contributed by atoms with Crippen LogP contribution in [0.5, 0.6) is 0 Å². The molecule has 0 radical (unpaired) electrons. The van der Waals surface area contributed by atoms with Crippen LogP contribution in [-0.4, -0.2) is 16.8 Å². The van der Waals surface area contributed by atoms with E-state index in [0.717, 1.165) is 17.8 Å². The van der Waals surface area contributed by atoms with Crippen molar-refractivity contribution in [2.45, 2.75) is 25.8 Å². The molecule has 0 saturated heterocycles. The molecule has 1 heterocycles. The average Bonchev–Trinajstić information content (AvgIpc) is 2.74. The van der Waals surface area contributed by atoms with E-state index in [9.17, 15) is 4.39 Å². The molecule has 1 atom stereocenters. The monoisotopic (exact) mass is 329 g/mol. The summed E-state index contributed by atoms with van der Waals surface area (Å²) < 4.78 is 15.8. The smallest absolute Gasteiger partial charge is 0.128 e. The number of hydrogen-bond acceptors (Lipinski definition) is 2. The minimum Gasteiger partial charge on any atom is -0.313 e. The van der Waals surface area contributed by atoms with Crippen molar-refractivity contribution in [3.8, 4) is 0 Å². The summed E-state index contributed by atoms with van der Waals surface area (Å²) in [5, 5.41) is 8.67. The highest BCUT2D eigenvalue weighted by Gasteiger charge is 2.20. The van der Waals surface area contributed by atoms with Crippen LogP contribution in [0.15, 0.2) is 18.2 Å². The largest absolute Gasteiger partial charge is 0.313 e. The highest BCUT2D eigenvalue weighted by atomic mass is 35.5. The first-order valence-electron chi connectivity index (χ1n) is 6.80. The van der Waals surface area contributed by atoms with Crippen LogP contribution >= 0.6 is 23.2 Å². The van der Waals surface area contributed by atoms with Crippen molar-refractivity contribution >= 4 is 23.2 Å². The zero-order valence-corrected chi connectivity index (χ0v) is 13.8. The fraction of sp³-hybridized carbons (Fsp3) is 0.400. The Balaban J connectivity index is 2.36. The highest BCUT2D eigenvalue weighted by Crippen LogP contribution is 2.28. The summed E-state index contributed by atoms with van der Waals surface area (Å²) in [5.74, 6) is -0.284. The van der Waals surface area contributed by atoms with Gasteiger partial charge in [0, 0.05) is 30.1 Å². The summed E-state index contributed by atoms with van der Waals surface area (Å²) in [6.07, 6.45) is 1.30. The highest BCUT2D eigenvalue weighted by molar-refractivity contribution is 6.32. The first-order valence-corrected chi connectivity index (χ1v) is 7.56. The topological polar surface area (TPSA) is 29.9 Å². The Morgan fingerprint density at radius 1 is 1.38 bits per heavy atom. The van der Waals surface area contributed by atoms with Crippen molar-refractivity contribution < 1.29 is 4.39 Å². The van der Waals surface area contributed by atoms with Crippen LogP contribution in [0.3, 0.4) is 0 Å². The van der Waals surface area contributed by atoms with Gasteiger partial charge in [-0.15, -0.1) is 0 Å². The van der Waals surface area contributed by atoms with Gasteiger partial charge in [0.05, 0.1) is 16.4 Å². The van der Waals surface area contributed by atoms with Gasteiger partial charge in [-0.3, -0.25) is 4.68 Å². The Bertz CT molecular complexity index is 640. The van der Waals surface area contributed by atoms with Gasteiger partial charge < -0.3 is 5.32 Å². The van der Waals surface area contributed by atoms with E-state index < -0.39 is 0 Å². The van der Waals surface area contributed by atoms with E-state index in [1.165, 1.54) is 6.07 Å². The van der Waals surface area contributed by atoms with Gasteiger partial charge in [0.1, 0.15) is 5.82 Å². The number of benzene rings is 1. The number of rotatable bonds is 5. The molecular weight excluding hydrogens is 312 g/mol. The van der Waals surface area contributed by atoms with Crippen LogP contribution in [0.4, 0.5) is 4.39 Å². The fourth-order valence-corrected chi connectivity index (χ4v) is 2.94. The molecular formula is C15H18Cl2FN3. The fourth-order valence-electron chi connectivity index (χ4n) is 2.38. The van der Waals surface area contributed by atoms with Crippen LogP contribution < -0.4 is 5.32 Å². The van der Waals surface area contributed by atoms with Gasteiger partial charge in [0.25, 0.3) is 0 Å². The van der Waals surface area contributed by atoms with Gasteiger partial charge >= 0.3 is 0 Å². The normalized spacial score (nSPS) is 12.7. The summed E-state index contributed by atoms with van der Waals surface area (Å²) in [6, 6.07) is 4.34. The molecule has 1 N–H and O–H groups in total. The van der Waals surface area contributed by atoms with E-state index >= 15 is 0 Å². The van der Waals surface area contributed by atoms with E-state index in [1.54, 1.807) is 23.9 Å². The first-order chi connectivity index (χ1) is 9.97. The minimum atomic E-state index is -0.284. The zero-order valence-electron chi connectivity index (χ0n) is 12.3. The molecule has 0 amide bonds. The second-order valence-electron chi connectivity index (χ2n) is 4.90. The molecule has 0 spiro atoms. The standard InChI is InChI=1S/C15H18Cl2FN3/c1-4-12-15(17)14(21(3)20-12)8-13(19-2)10-7-9(16)5-6-11(10)18/h5-7,13,19H,4,8H2,1-3H3. The van der Waals surface area contributed by atoms with Crippen LogP contribution in [0.1, 0.15) is 29.9 Å². The van der Waals surface area contributed by atoms with Crippen LogP contribution in [-0.2, 0) is 19.9 Å². The SMILES string of the molecule is CCc1nn(C)c(CC(NC)c2cc(Cl)ccc2F)c1Cl. The second kappa shape index (κ2) is 6.77. The number of aromatic nitrogens is 2. The maximum Gasteiger partial charge on any atom is 0.128 e. The van der Waals surface area contributed by atoms with Crippen molar-refractivity contribution in [3.63, 3.8) is 0 Å². The van der Waals surface area contributed by atoms with Crippen LogP contribution in [0.2, 0.25) is 10.0 Å². The Labute approximate surface area is 134 Å². The third-order valence-corrected chi connectivity index (χ3v) is 4.25. The summed E-state index contributed by atoms with van der Waals surface area (Å²) >= 11 is 12.3. The van der Waals surface area contributed by atoms with E-state index in [1.807, 2.05) is 14.0 Å². The molecule has 0 aliphatic rings. The molecule has 21 heavy (non-hydrogen) atoms. The van der Waals surface area contributed by atoms with E-state index in [-0.39, 0.29) is 11.9 Å². The number of nitrogens with zero attached hydrogens (tertiary/aromatic N) is 2. The van der Waals surface area contributed by atoms with Gasteiger partial charge in [0.2, 0.25) is 0 Å². The third kappa shape index (κ3) is 3.39. The molecule has 1 aromatic heterocycles. The number of nitrogens with one attached hydrogen (secondary N) is 1. The maximum atomic E-state index is 14.0. The van der Waals surface area contributed by atoms with Gasteiger partial charge in [-0.1, -0.05) is 30.1 Å². The summed E-state index contributed by atoms with van der Waals surface area (Å²) in [7, 11) is 3.64. The van der Waals surface area contributed by atoms with Gasteiger partial charge in [0.15, 0.2) is 0 Å². The molecule has 0 saturated carbocycles. The number of likely N-dealkylation sites (N-methyl/N-ethyl adjacent to an activating group) is 1. The molecule has 114 valence electrons. The molecule has 3 nitrogen and oxygen atoms in total. The van der Waals surface area contributed by atoms with Gasteiger partial charge in [-0.05, 0) is 31.7 Å². The summed E-state index contributed by atoms with van der Waals surface area (Å²) in [6.45, 7) is 2.00. The average molecular weight is 330 g/mol. The van der Waals surface area contributed by atoms with Crippen molar-refractivity contribution in [3.05, 3.63) is 51.0 Å². The predicted molar refractivity (Wildman–Crippen MR) is 84.5 cm³/mol. The van der Waals surface area contributed by atoms with E-state index in [0.29, 0.717) is 22.0 Å². The van der Waals surface area contributed by atoms with Crippen LogP contribution in [0, 0.1) is 5.82 Å². The van der Waals surface area contributed by atoms with Gasteiger partial charge in [-0.25, -0.2) is 4.39 Å². The second-order valence-corrected chi connectivity index (χ2v) is 5.71. The Morgan fingerprint density at radius 3 is 2.67 bits per heavy atom. The summed E-state index contributed by atoms with van der Waals surface area (Å²) in [5.41, 5.74) is 2.27. The van der Waals surface area contributed by atoms with Crippen molar-refractivity contribution in [1.29, 1.82) is 0 Å². The van der Waals surface area contributed by atoms with E-state index in [2.05, 4.69) is 10.4 Å². The first kappa shape index (κ1) is 16.3. The molecule has 0 bridgehead atoms. The molecule has 2 aromatic rings. The minimum absolute atomic E-state index is 0.221. The molecule has 6 heteroatoms. The van der Waals surface area contributed by atoms with Crippen molar-refractivity contribution in [1.82, 2.24) is 15.1 Å². The van der Waals surface area contributed by atoms with E-state index in [4.69, 9.17) is 23.2 Å². The molecule has 0 aliphatic carbocycles. The maximum absolute atomic E-state index is 14.0. The number of aryl methyl sites for hydroxylation is 2. The lowest BCUT2D eigenvalue weighted by Crippen LogP contribution is -2.21. The number of halogens is 3. The quantitative estimate of drug-likeness (QED) is 0.900. The zero-order chi connectivity index (χ0) is 15.6. The summed E-state index contributed by atoms with van der Waals surface area (Å²) in [4.78, 5) is 0. The Kier molecular flexibility index (Phi) is 5.25. The molecule has 1 unspecified atom stereocenters. The lowest BCUT2D eigenvalue weighted by Gasteiger charge is -2.18. The lowest BCUT2D eigenvalue weighted by atomic mass is 10.0. The molecule has 0 aliphatic heterocycles. The number of hydrogen-bond donors (Lipinski definition) is 1. The molecule has 0 fully saturated rings. The predicted octanol–water partition coefficient (Wildman–Crippen LogP) is 3.93.